The van der Waals surface area contributed by atoms with Crippen molar-refractivity contribution < 1.29 is 14.6 Å². The molecule has 1 aliphatic heterocycles. The summed E-state index contributed by atoms with van der Waals surface area (Å²) in [6.45, 7) is 3.91. The van der Waals surface area contributed by atoms with Crippen LogP contribution in [-0.4, -0.2) is 24.9 Å². The molecule has 1 aromatic carbocycles. The van der Waals surface area contributed by atoms with Crippen LogP contribution >= 0.6 is 0 Å². The molecule has 92 valence electrons. The standard InChI is InChI=1S/C14H18O3/c1-14(8-11(14)9-15)10-3-4-12-13(7-10)17-6-2-5-16-12/h3-4,7,11,15H,2,5-6,8-9H2,1H3. The van der Waals surface area contributed by atoms with Crippen LogP contribution in [0, 0.1) is 5.92 Å². The van der Waals surface area contributed by atoms with E-state index >= 15 is 0 Å². The van der Waals surface area contributed by atoms with Gasteiger partial charge >= 0.3 is 0 Å². The summed E-state index contributed by atoms with van der Waals surface area (Å²) in [6.07, 6.45) is 1.99. The Kier molecular flexibility index (Phi) is 2.51. The molecule has 1 aromatic rings. The van der Waals surface area contributed by atoms with Crippen LogP contribution in [0.4, 0.5) is 0 Å². The molecule has 1 fully saturated rings. The zero-order valence-electron chi connectivity index (χ0n) is 10.1. The molecule has 3 nitrogen and oxygen atoms in total. The number of aliphatic hydroxyl groups excluding tert-OH is 1. The van der Waals surface area contributed by atoms with Gasteiger partial charge in [-0.1, -0.05) is 13.0 Å². The first-order chi connectivity index (χ1) is 8.24. The van der Waals surface area contributed by atoms with Crippen LogP contribution in [0.2, 0.25) is 0 Å². The third kappa shape index (κ3) is 1.78. The summed E-state index contributed by atoms with van der Waals surface area (Å²) in [5, 5.41) is 9.23. The highest BCUT2D eigenvalue weighted by Gasteiger charge is 2.50. The van der Waals surface area contributed by atoms with Gasteiger partial charge in [-0.3, -0.25) is 0 Å². The van der Waals surface area contributed by atoms with E-state index in [-0.39, 0.29) is 12.0 Å². The molecule has 0 aromatic heterocycles. The van der Waals surface area contributed by atoms with Crippen molar-refractivity contribution in [2.24, 2.45) is 5.92 Å². The van der Waals surface area contributed by atoms with Crippen LogP contribution in [0.15, 0.2) is 18.2 Å². The largest absolute Gasteiger partial charge is 0.490 e. The lowest BCUT2D eigenvalue weighted by Gasteiger charge is -2.14. The molecule has 2 unspecified atom stereocenters. The van der Waals surface area contributed by atoms with Gasteiger partial charge in [0.15, 0.2) is 11.5 Å². The Hall–Kier alpha value is -1.22. The number of hydrogen-bond donors (Lipinski definition) is 1. The third-order valence-electron chi connectivity index (χ3n) is 4.04. The van der Waals surface area contributed by atoms with Crippen LogP contribution in [-0.2, 0) is 5.41 Å². The minimum atomic E-state index is 0.124. The summed E-state index contributed by atoms with van der Waals surface area (Å²) < 4.78 is 11.3. The van der Waals surface area contributed by atoms with E-state index in [1.165, 1.54) is 5.56 Å². The van der Waals surface area contributed by atoms with Crippen LogP contribution in [0.3, 0.4) is 0 Å². The second kappa shape index (κ2) is 3.91. The van der Waals surface area contributed by atoms with E-state index in [0.29, 0.717) is 5.92 Å². The first-order valence-electron chi connectivity index (χ1n) is 6.25. The lowest BCUT2D eigenvalue weighted by Crippen LogP contribution is -2.07. The summed E-state index contributed by atoms with van der Waals surface area (Å²) in [4.78, 5) is 0. The Labute approximate surface area is 101 Å². The van der Waals surface area contributed by atoms with E-state index in [1.54, 1.807) is 0 Å². The SMILES string of the molecule is CC1(c2ccc3c(c2)OCCCO3)CC1CO. The van der Waals surface area contributed by atoms with Gasteiger partial charge in [-0.2, -0.15) is 0 Å². The molecule has 0 spiro atoms. The highest BCUT2D eigenvalue weighted by Crippen LogP contribution is 2.54. The number of rotatable bonds is 2. The maximum Gasteiger partial charge on any atom is 0.161 e. The van der Waals surface area contributed by atoms with Crippen molar-refractivity contribution in [2.45, 2.75) is 25.2 Å². The average molecular weight is 234 g/mol. The maximum atomic E-state index is 9.23. The molecule has 0 bridgehead atoms. The highest BCUT2D eigenvalue weighted by atomic mass is 16.5. The van der Waals surface area contributed by atoms with Crippen LogP contribution in [0.1, 0.15) is 25.3 Å². The maximum absolute atomic E-state index is 9.23. The Morgan fingerprint density at radius 3 is 2.76 bits per heavy atom. The van der Waals surface area contributed by atoms with Crippen LogP contribution in [0.25, 0.3) is 0 Å². The van der Waals surface area contributed by atoms with E-state index < -0.39 is 0 Å². The summed E-state index contributed by atoms with van der Waals surface area (Å²) in [5.74, 6) is 2.09. The molecule has 3 rings (SSSR count). The minimum Gasteiger partial charge on any atom is -0.490 e. The van der Waals surface area contributed by atoms with Crippen molar-refractivity contribution in [3.8, 4) is 11.5 Å². The fraction of sp³-hybridized carbons (Fsp3) is 0.571. The van der Waals surface area contributed by atoms with Crippen LogP contribution < -0.4 is 9.47 Å². The molecular formula is C14H18O3. The van der Waals surface area contributed by atoms with E-state index in [1.807, 2.05) is 6.07 Å². The fourth-order valence-electron chi connectivity index (χ4n) is 2.59. The lowest BCUT2D eigenvalue weighted by molar-refractivity contribution is 0.265. The average Bonchev–Trinajstić information content (AvgIpc) is 3.07. The second-order valence-electron chi connectivity index (χ2n) is 5.21. The molecule has 1 saturated carbocycles. The molecule has 0 radical (unpaired) electrons. The Morgan fingerprint density at radius 1 is 1.29 bits per heavy atom. The topological polar surface area (TPSA) is 38.7 Å². The predicted molar refractivity (Wildman–Crippen MR) is 64.6 cm³/mol. The zero-order valence-corrected chi connectivity index (χ0v) is 10.1. The highest BCUT2D eigenvalue weighted by molar-refractivity contribution is 5.47. The summed E-state index contributed by atoms with van der Waals surface area (Å²) >= 11 is 0. The number of hydrogen-bond acceptors (Lipinski definition) is 3. The summed E-state index contributed by atoms with van der Waals surface area (Å²) in [5.41, 5.74) is 1.38. The predicted octanol–water partition coefficient (Wildman–Crippen LogP) is 2.12. The summed E-state index contributed by atoms with van der Waals surface area (Å²) in [7, 11) is 0. The fourth-order valence-corrected chi connectivity index (χ4v) is 2.59. The quantitative estimate of drug-likeness (QED) is 0.851. The van der Waals surface area contributed by atoms with E-state index in [9.17, 15) is 5.11 Å². The molecule has 3 heteroatoms. The molecule has 17 heavy (non-hydrogen) atoms. The first-order valence-corrected chi connectivity index (χ1v) is 6.25. The Balaban J connectivity index is 1.91. The van der Waals surface area contributed by atoms with Gasteiger partial charge in [-0.15, -0.1) is 0 Å². The van der Waals surface area contributed by atoms with Crippen molar-refractivity contribution in [2.75, 3.05) is 19.8 Å². The summed E-state index contributed by atoms with van der Waals surface area (Å²) in [6, 6.07) is 6.17. The Morgan fingerprint density at radius 2 is 2.06 bits per heavy atom. The third-order valence-corrected chi connectivity index (χ3v) is 4.04. The van der Waals surface area contributed by atoms with Gasteiger partial charge in [0.1, 0.15) is 0 Å². The molecule has 1 N–H and O–H groups in total. The van der Waals surface area contributed by atoms with Gasteiger partial charge in [0, 0.05) is 13.0 Å². The molecule has 2 aliphatic rings. The smallest absolute Gasteiger partial charge is 0.161 e. The van der Waals surface area contributed by atoms with Crippen molar-refractivity contribution >= 4 is 0 Å². The first kappa shape index (κ1) is 10.9. The van der Waals surface area contributed by atoms with Crippen molar-refractivity contribution in [3.05, 3.63) is 23.8 Å². The molecule has 0 saturated heterocycles. The number of benzene rings is 1. The van der Waals surface area contributed by atoms with Gasteiger partial charge in [-0.25, -0.2) is 0 Å². The normalized spacial score (nSPS) is 30.8. The van der Waals surface area contributed by atoms with E-state index in [0.717, 1.165) is 37.6 Å². The monoisotopic (exact) mass is 234 g/mol. The van der Waals surface area contributed by atoms with Gasteiger partial charge < -0.3 is 14.6 Å². The van der Waals surface area contributed by atoms with E-state index in [4.69, 9.17) is 9.47 Å². The number of fused-ring (bicyclic) bond motifs is 1. The molecule has 0 amide bonds. The van der Waals surface area contributed by atoms with Crippen molar-refractivity contribution in [1.29, 1.82) is 0 Å². The molecule has 2 atom stereocenters. The van der Waals surface area contributed by atoms with Gasteiger partial charge in [0.25, 0.3) is 0 Å². The second-order valence-corrected chi connectivity index (χ2v) is 5.21. The number of aliphatic hydroxyl groups is 1. The van der Waals surface area contributed by atoms with Gasteiger partial charge in [0.2, 0.25) is 0 Å². The number of ether oxygens (including phenoxy) is 2. The Bertz CT molecular complexity index is 429. The van der Waals surface area contributed by atoms with Crippen molar-refractivity contribution in [3.63, 3.8) is 0 Å². The molecule has 1 heterocycles. The minimum absolute atomic E-state index is 0.124. The molecule has 1 aliphatic carbocycles. The lowest BCUT2D eigenvalue weighted by atomic mass is 9.95. The van der Waals surface area contributed by atoms with Gasteiger partial charge in [-0.05, 0) is 35.4 Å². The van der Waals surface area contributed by atoms with Gasteiger partial charge in [0.05, 0.1) is 13.2 Å². The zero-order chi connectivity index (χ0) is 11.9. The molecular weight excluding hydrogens is 216 g/mol. The van der Waals surface area contributed by atoms with Crippen LogP contribution in [0.5, 0.6) is 11.5 Å². The van der Waals surface area contributed by atoms with Crippen molar-refractivity contribution in [1.82, 2.24) is 0 Å². The van der Waals surface area contributed by atoms with E-state index in [2.05, 4.69) is 19.1 Å².